The number of nitrogens with one attached hydrogen (secondary N) is 1. The van der Waals surface area contributed by atoms with E-state index in [-0.39, 0.29) is 12.1 Å². The molecule has 1 unspecified atom stereocenters. The van der Waals surface area contributed by atoms with Crippen LogP contribution < -0.4 is 5.32 Å². The predicted octanol–water partition coefficient (Wildman–Crippen LogP) is 2.98. The second-order valence-electron chi connectivity index (χ2n) is 5.03. The van der Waals surface area contributed by atoms with Crippen molar-refractivity contribution < 1.29 is 19.2 Å². The van der Waals surface area contributed by atoms with Gasteiger partial charge in [-0.15, -0.1) is 0 Å². The summed E-state index contributed by atoms with van der Waals surface area (Å²) in [4.78, 5) is 23.3. The molecule has 1 aromatic carbocycles. The number of rotatable bonds is 5. The number of carboxylic acids is 1. The van der Waals surface area contributed by atoms with E-state index < -0.39 is 17.4 Å². The van der Waals surface area contributed by atoms with Crippen LogP contribution in [-0.2, 0) is 4.79 Å². The van der Waals surface area contributed by atoms with Crippen molar-refractivity contribution in [3.05, 3.63) is 41.0 Å². The molecule has 2 aromatic rings. The monoisotopic (exact) mass is 322 g/mol. The van der Waals surface area contributed by atoms with E-state index in [0.717, 1.165) is 0 Å². The molecule has 2 N–H and O–H groups in total. The van der Waals surface area contributed by atoms with Crippen molar-refractivity contribution >= 4 is 23.5 Å². The summed E-state index contributed by atoms with van der Waals surface area (Å²) in [6.07, 6.45) is 0.243. The zero-order valence-corrected chi connectivity index (χ0v) is 12.8. The van der Waals surface area contributed by atoms with Crippen LogP contribution in [-0.4, -0.2) is 27.7 Å². The number of carbonyl (C=O) groups excluding carboxylic acids is 1. The number of benzene rings is 1. The second kappa shape index (κ2) is 6.19. The number of carboxylic acid groups (broad SMARTS) is 1. The van der Waals surface area contributed by atoms with Crippen LogP contribution >= 0.6 is 11.6 Å². The lowest BCUT2D eigenvalue weighted by Gasteiger charge is -2.23. The summed E-state index contributed by atoms with van der Waals surface area (Å²) in [7, 11) is 0. The number of halogens is 1. The largest absolute Gasteiger partial charge is 0.480 e. The summed E-state index contributed by atoms with van der Waals surface area (Å²) < 4.78 is 5.12. The molecule has 0 bridgehead atoms. The summed E-state index contributed by atoms with van der Waals surface area (Å²) in [5, 5.41) is 15.8. The summed E-state index contributed by atoms with van der Waals surface area (Å²) in [6, 6.07) is 8.35. The van der Waals surface area contributed by atoms with Gasteiger partial charge in [0.1, 0.15) is 5.54 Å². The Hall–Kier alpha value is -2.34. The SMILES string of the molecule is CCC(C)(NC(=O)c1cc(-c2cccc(Cl)c2)on1)C(=O)O. The predicted molar refractivity (Wildman–Crippen MR) is 80.7 cm³/mol. The molecule has 0 aliphatic heterocycles. The van der Waals surface area contributed by atoms with Crippen molar-refractivity contribution in [3.63, 3.8) is 0 Å². The summed E-state index contributed by atoms with van der Waals surface area (Å²) in [5.41, 5.74) is -0.668. The van der Waals surface area contributed by atoms with Crippen molar-refractivity contribution in [1.29, 1.82) is 0 Å². The first-order valence-corrected chi connectivity index (χ1v) is 7.02. The highest BCUT2D eigenvalue weighted by atomic mass is 35.5. The first-order chi connectivity index (χ1) is 10.4. The smallest absolute Gasteiger partial charge is 0.329 e. The zero-order valence-electron chi connectivity index (χ0n) is 12.1. The zero-order chi connectivity index (χ0) is 16.3. The molecule has 0 spiro atoms. The molecule has 0 radical (unpaired) electrons. The Morgan fingerprint density at radius 2 is 2.14 bits per heavy atom. The number of nitrogens with zero attached hydrogens (tertiary/aromatic N) is 1. The van der Waals surface area contributed by atoms with Gasteiger partial charge in [0.2, 0.25) is 0 Å². The molecule has 7 heteroatoms. The average Bonchev–Trinajstić information content (AvgIpc) is 2.97. The van der Waals surface area contributed by atoms with Gasteiger partial charge in [-0.3, -0.25) is 4.79 Å². The molecule has 0 saturated carbocycles. The van der Waals surface area contributed by atoms with Gasteiger partial charge in [0.15, 0.2) is 11.5 Å². The Bertz CT molecular complexity index is 713. The van der Waals surface area contributed by atoms with E-state index in [1.807, 2.05) is 0 Å². The number of aliphatic carboxylic acids is 1. The number of hydrogen-bond donors (Lipinski definition) is 2. The Kier molecular flexibility index (Phi) is 4.51. The molecule has 116 valence electrons. The van der Waals surface area contributed by atoms with Crippen LogP contribution in [0.3, 0.4) is 0 Å². The van der Waals surface area contributed by atoms with Crippen LogP contribution in [0.4, 0.5) is 0 Å². The quantitative estimate of drug-likeness (QED) is 0.882. The van der Waals surface area contributed by atoms with Crippen LogP contribution in [0.1, 0.15) is 30.8 Å². The van der Waals surface area contributed by atoms with Crippen LogP contribution in [0.15, 0.2) is 34.9 Å². The fourth-order valence-electron chi connectivity index (χ4n) is 1.77. The molecule has 0 aliphatic carbocycles. The first kappa shape index (κ1) is 16.0. The molecular formula is C15H15ClN2O4. The maximum atomic E-state index is 12.1. The number of hydrogen-bond acceptors (Lipinski definition) is 4. The van der Waals surface area contributed by atoms with Crippen LogP contribution in [0.2, 0.25) is 5.02 Å². The lowest BCUT2D eigenvalue weighted by molar-refractivity contribution is -0.143. The van der Waals surface area contributed by atoms with Gasteiger partial charge in [0.25, 0.3) is 5.91 Å². The average molecular weight is 323 g/mol. The molecular weight excluding hydrogens is 308 g/mol. The van der Waals surface area contributed by atoms with E-state index in [4.69, 9.17) is 21.2 Å². The fraction of sp³-hybridized carbons (Fsp3) is 0.267. The molecule has 1 atom stereocenters. The number of amides is 1. The normalized spacial score (nSPS) is 13.4. The maximum Gasteiger partial charge on any atom is 0.329 e. The number of carbonyl (C=O) groups is 2. The van der Waals surface area contributed by atoms with Crippen LogP contribution in [0, 0.1) is 0 Å². The van der Waals surface area contributed by atoms with E-state index in [1.165, 1.54) is 13.0 Å². The third-order valence-corrected chi connectivity index (χ3v) is 3.66. The highest BCUT2D eigenvalue weighted by Crippen LogP contribution is 2.23. The molecule has 1 heterocycles. The maximum absolute atomic E-state index is 12.1. The molecule has 1 aromatic heterocycles. The Labute approximate surface area is 132 Å². The Morgan fingerprint density at radius 3 is 2.73 bits per heavy atom. The third-order valence-electron chi connectivity index (χ3n) is 3.42. The Morgan fingerprint density at radius 1 is 1.41 bits per heavy atom. The van der Waals surface area contributed by atoms with Gasteiger partial charge in [-0.1, -0.05) is 35.8 Å². The molecule has 1 amide bonds. The topological polar surface area (TPSA) is 92.4 Å². The van der Waals surface area contributed by atoms with E-state index in [2.05, 4.69) is 10.5 Å². The molecule has 6 nitrogen and oxygen atoms in total. The van der Waals surface area contributed by atoms with Crippen molar-refractivity contribution in [2.45, 2.75) is 25.8 Å². The van der Waals surface area contributed by atoms with Gasteiger partial charge in [0, 0.05) is 16.7 Å². The minimum Gasteiger partial charge on any atom is -0.480 e. The lowest BCUT2D eigenvalue weighted by atomic mass is 9.99. The molecule has 0 aliphatic rings. The van der Waals surface area contributed by atoms with Gasteiger partial charge < -0.3 is 14.9 Å². The molecule has 22 heavy (non-hydrogen) atoms. The molecule has 0 fully saturated rings. The third kappa shape index (κ3) is 3.28. The highest BCUT2D eigenvalue weighted by molar-refractivity contribution is 6.30. The highest BCUT2D eigenvalue weighted by Gasteiger charge is 2.33. The summed E-state index contributed by atoms with van der Waals surface area (Å²) >= 11 is 5.90. The second-order valence-corrected chi connectivity index (χ2v) is 5.47. The van der Waals surface area contributed by atoms with Crippen molar-refractivity contribution in [2.75, 3.05) is 0 Å². The van der Waals surface area contributed by atoms with E-state index >= 15 is 0 Å². The van der Waals surface area contributed by atoms with Crippen LogP contribution in [0.5, 0.6) is 0 Å². The lowest BCUT2D eigenvalue weighted by Crippen LogP contribution is -2.51. The van der Waals surface area contributed by atoms with E-state index in [9.17, 15) is 9.59 Å². The minimum atomic E-state index is -1.35. The molecule has 2 rings (SSSR count). The van der Waals surface area contributed by atoms with E-state index in [0.29, 0.717) is 16.3 Å². The molecule has 0 saturated heterocycles. The van der Waals surface area contributed by atoms with Crippen molar-refractivity contribution in [3.8, 4) is 11.3 Å². The standard InChI is InChI=1S/C15H15ClN2O4/c1-3-15(2,14(20)21)17-13(19)11-8-12(22-18-11)9-5-4-6-10(16)7-9/h4-8H,3H2,1-2H3,(H,17,19)(H,20,21). The van der Waals surface area contributed by atoms with Gasteiger partial charge in [0.05, 0.1) is 0 Å². The van der Waals surface area contributed by atoms with Gasteiger partial charge in [-0.2, -0.15) is 0 Å². The van der Waals surface area contributed by atoms with Gasteiger partial charge >= 0.3 is 5.97 Å². The van der Waals surface area contributed by atoms with Gasteiger partial charge in [-0.25, -0.2) is 4.79 Å². The summed E-state index contributed by atoms with van der Waals surface area (Å²) in [6.45, 7) is 3.11. The van der Waals surface area contributed by atoms with Crippen LogP contribution in [0.25, 0.3) is 11.3 Å². The van der Waals surface area contributed by atoms with Gasteiger partial charge in [-0.05, 0) is 25.5 Å². The van der Waals surface area contributed by atoms with Crippen molar-refractivity contribution in [1.82, 2.24) is 10.5 Å². The summed E-state index contributed by atoms with van der Waals surface area (Å²) in [5.74, 6) is -1.34. The van der Waals surface area contributed by atoms with E-state index in [1.54, 1.807) is 31.2 Å². The first-order valence-electron chi connectivity index (χ1n) is 6.64. The number of aromatic nitrogens is 1. The van der Waals surface area contributed by atoms with Crippen molar-refractivity contribution in [2.24, 2.45) is 0 Å². The fourth-order valence-corrected chi connectivity index (χ4v) is 1.96. The Balaban J connectivity index is 2.21. The minimum absolute atomic E-state index is 0.0101.